The molecule has 2 aromatic rings. The third-order valence-electron chi connectivity index (χ3n) is 5.24. The Kier molecular flexibility index (Phi) is 5.51. The summed E-state index contributed by atoms with van der Waals surface area (Å²) in [7, 11) is 2.18. The topological polar surface area (TPSA) is 50.2 Å². The number of rotatable bonds is 6. The first kappa shape index (κ1) is 17.0. The van der Waals surface area contributed by atoms with E-state index < -0.39 is 0 Å². The molecule has 3 rings (SSSR count). The second kappa shape index (κ2) is 7.79. The number of hydrogen-bond acceptors (Lipinski definition) is 3. The lowest BCUT2D eigenvalue weighted by Crippen LogP contribution is -2.40. The molecule has 1 unspecified atom stereocenters. The summed E-state index contributed by atoms with van der Waals surface area (Å²) in [4.78, 5) is 19.2. The zero-order valence-electron chi connectivity index (χ0n) is 14.7. The molecule has 1 saturated carbocycles. The summed E-state index contributed by atoms with van der Waals surface area (Å²) in [6.45, 7) is 3.53. The van der Waals surface area contributed by atoms with Crippen LogP contribution in [0.1, 0.15) is 45.1 Å². The molecule has 0 radical (unpaired) electrons. The van der Waals surface area contributed by atoms with Crippen molar-refractivity contribution in [2.75, 3.05) is 20.1 Å². The number of carbonyl (C=O) groups excluding carboxylic acids is 1. The van der Waals surface area contributed by atoms with Crippen molar-refractivity contribution < 1.29 is 4.79 Å². The maximum Gasteiger partial charge on any atom is 0.242 e. The first-order valence-electron chi connectivity index (χ1n) is 9.06. The molecule has 130 valence electrons. The zero-order valence-corrected chi connectivity index (χ0v) is 14.7. The van der Waals surface area contributed by atoms with Gasteiger partial charge in [-0.2, -0.15) is 0 Å². The maximum absolute atomic E-state index is 12.5. The number of hydrogen-bond donors (Lipinski definition) is 1. The first-order valence-corrected chi connectivity index (χ1v) is 9.06. The van der Waals surface area contributed by atoms with Crippen molar-refractivity contribution in [2.24, 2.45) is 0 Å². The molecule has 1 aliphatic carbocycles. The molecule has 1 N–H and O–H groups in total. The van der Waals surface area contributed by atoms with Gasteiger partial charge in [0.2, 0.25) is 5.91 Å². The Morgan fingerprint density at radius 3 is 2.88 bits per heavy atom. The van der Waals surface area contributed by atoms with Gasteiger partial charge in [-0.1, -0.05) is 31.4 Å². The highest BCUT2D eigenvalue weighted by molar-refractivity contribution is 5.83. The number of benzene rings is 1. The summed E-state index contributed by atoms with van der Waals surface area (Å²) in [6, 6.07) is 8.34. The molecule has 1 atom stereocenters. The molecule has 0 bridgehead atoms. The largest absolute Gasteiger partial charge is 0.353 e. The van der Waals surface area contributed by atoms with Crippen LogP contribution in [0.25, 0.3) is 11.0 Å². The van der Waals surface area contributed by atoms with Crippen LogP contribution in [0.5, 0.6) is 0 Å². The molecular formula is C19H28N4O. The minimum absolute atomic E-state index is 0.0511. The lowest BCUT2D eigenvalue weighted by molar-refractivity contribution is -0.123. The van der Waals surface area contributed by atoms with E-state index in [-0.39, 0.29) is 11.9 Å². The van der Waals surface area contributed by atoms with E-state index in [1.165, 1.54) is 32.1 Å². The molecule has 0 saturated heterocycles. The molecular weight excluding hydrogens is 300 g/mol. The highest BCUT2D eigenvalue weighted by atomic mass is 16.2. The second-order valence-electron chi connectivity index (χ2n) is 6.88. The summed E-state index contributed by atoms with van der Waals surface area (Å²) in [5, 5.41) is 3.08. The van der Waals surface area contributed by atoms with Gasteiger partial charge >= 0.3 is 0 Å². The molecule has 1 amide bonds. The fourth-order valence-corrected chi connectivity index (χ4v) is 3.62. The van der Waals surface area contributed by atoms with Crippen LogP contribution in [0.15, 0.2) is 30.6 Å². The molecule has 24 heavy (non-hydrogen) atoms. The van der Waals surface area contributed by atoms with Crippen LogP contribution < -0.4 is 5.32 Å². The maximum atomic E-state index is 12.5. The van der Waals surface area contributed by atoms with Crippen LogP contribution in [0, 0.1) is 0 Å². The monoisotopic (exact) mass is 328 g/mol. The molecule has 1 aliphatic rings. The standard InChI is InChI=1S/C19H28N4O/c1-15(23-14-21-17-10-6-7-11-18(17)23)19(24)20-12-13-22(2)16-8-4-3-5-9-16/h6-7,10-11,14-16H,3-5,8-9,12-13H2,1-2H3,(H,20,24). The number of aromatic nitrogens is 2. The van der Waals surface area contributed by atoms with Crippen molar-refractivity contribution in [3.63, 3.8) is 0 Å². The van der Waals surface area contributed by atoms with Gasteiger partial charge in [0, 0.05) is 19.1 Å². The van der Waals surface area contributed by atoms with Crippen LogP contribution in [0.4, 0.5) is 0 Å². The predicted octanol–water partition coefficient (Wildman–Crippen LogP) is 2.98. The zero-order chi connectivity index (χ0) is 16.9. The highest BCUT2D eigenvalue weighted by Crippen LogP contribution is 2.21. The van der Waals surface area contributed by atoms with E-state index in [4.69, 9.17) is 0 Å². The van der Waals surface area contributed by atoms with E-state index in [0.29, 0.717) is 12.6 Å². The Morgan fingerprint density at radius 1 is 1.33 bits per heavy atom. The van der Waals surface area contributed by atoms with E-state index in [2.05, 4.69) is 22.2 Å². The Bertz CT molecular complexity index is 675. The number of likely N-dealkylation sites (N-methyl/N-ethyl adjacent to an activating group) is 1. The van der Waals surface area contributed by atoms with Gasteiger partial charge in [0.15, 0.2) is 0 Å². The summed E-state index contributed by atoms with van der Waals surface area (Å²) in [5.74, 6) is 0.0511. The van der Waals surface area contributed by atoms with Gasteiger partial charge in [-0.3, -0.25) is 4.79 Å². The molecule has 1 fully saturated rings. The summed E-state index contributed by atoms with van der Waals surface area (Å²) in [5.41, 5.74) is 1.92. The van der Waals surface area contributed by atoms with Crippen molar-refractivity contribution in [2.45, 2.75) is 51.1 Å². The second-order valence-corrected chi connectivity index (χ2v) is 6.88. The van der Waals surface area contributed by atoms with Gasteiger partial charge < -0.3 is 14.8 Å². The number of fused-ring (bicyclic) bond motifs is 1. The van der Waals surface area contributed by atoms with Crippen LogP contribution in [0.3, 0.4) is 0 Å². The van der Waals surface area contributed by atoms with Gasteiger partial charge in [-0.15, -0.1) is 0 Å². The normalized spacial score (nSPS) is 17.3. The van der Waals surface area contributed by atoms with Crippen LogP contribution >= 0.6 is 0 Å². The predicted molar refractivity (Wildman–Crippen MR) is 97.0 cm³/mol. The Morgan fingerprint density at radius 2 is 2.08 bits per heavy atom. The van der Waals surface area contributed by atoms with Crippen molar-refractivity contribution in [1.29, 1.82) is 0 Å². The third kappa shape index (κ3) is 3.78. The number of carbonyl (C=O) groups is 1. The van der Waals surface area contributed by atoms with E-state index in [0.717, 1.165) is 17.6 Å². The molecule has 1 aromatic carbocycles. The molecule has 0 spiro atoms. The van der Waals surface area contributed by atoms with Crippen molar-refractivity contribution in [3.8, 4) is 0 Å². The number of imidazole rings is 1. The lowest BCUT2D eigenvalue weighted by Gasteiger charge is -2.31. The van der Waals surface area contributed by atoms with Gasteiger partial charge in [-0.05, 0) is 38.9 Å². The fourth-order valence-electron chi connectivity index (χ4n) is 3.62. The number of nitrogens with zero attached hydrogens (tertiary/aromatic N) is 3. The van der Waals surface area contributed by atoms with E-state index >= 15 is 0 Å². The van der Waals surface area contributed by atoms with Gasteiger partial charge in [0.05, 0.1) is 17.4 Å². The number of amides is 1. The highest BCUT2D eigenvalue weighted by Gasteiger charge is 2.19. The van der Waals surface area contributed by atoms with E-state index in [1.807, 2.05) is 35.8 Å². The van der Waals surface area contributed by atoms with Crippen molar-refractivity contribution in [3.05, 3.63) is 30.6 Å². The Balaban J connectivity index is 1.51. The minimum atomic E-state index is -0.252. The van der Waals surface area contributed by atoms with Crippen LogP contribution in [-0.2, 0) is 4.79 Å². The number of para-hydroxylation sites is 2. The Hall–Kier alpha value is -1.88. The lowest BCUT2D eigenvalue weighted by atomic mass is 9.94. The van der Waals surface area contributed by atoms with Crippen molar-refractivity contribution >= 4 is 16.9 Å². The third-order valence-corrected chi connectivity index (χ3v) is 5.24. The molecule has 5 nitrogen and oxygen atoms in total. The van der Waals surface area contributed by atoms with Crippen LogP contribution in [-0.4, -0.2) is 46.5 Å². The summed E-state index contributed by atoms with van der Waals surface area (Å²) < 4.78 is 1.94. The molecule has 0 aliphatic heterocycles. The van der Waals surface area contributed by atoms with Crippen LogP contribution in [0.2, 0.25) is 0 Å². The fraction of sp³-hybridized carbons (Fsp3) is 0.579. The van der Waals surface area contributed by atoms with Gasteiger partial charge in [0.25, 0.3) is 0 Å². The molecule has 1 aromatic heterocycles. The van der Waals surface area contributed by atoms with Gasteiger partial charge in [0.1, 0.15) is 6.04 Å². The smallest absolute Gasteiger partial charge is 0.242 e. The average molecular weight is 328 g/mol. The van der Waals surface area contributed by atoms with E-state index in [1.54, 1.807) is 6.33 Å². The van der Waals surface area contributed by atoms with Gasteiger partial charge in [-0.25, -0.2) is 4.98 Å². The first-order chi connectivity index (χ1) is 11.7. The Labute approximate surface area is 144 Å². The SMILES string of the molecule is CC(C(=O)NCCN(C)C1CCCCC1)n1cnc2ccccc21. The van der Waals surface area contributed by atoms with Crippen molar-refractivity contribution in [1.82, 2.24) is 19.8 Å². The molecule has 5 heteroatoms. The summed E-state index contributed by atoms with van der Waals surface area (Å²) >= 11 is 0. The summed E-state index contributed by atoms with van der Waals surface area (Å²) in [6.07, 6.45) is 8.39. The number of nitrogens with one attached hydrogen (secondary N) is 1. The van der Waals surface area contributed by atoms with E-state index in [9.17, 15) is 4.79 Å². The molecule has 1 heterocycles. The minimum Gasteiger partial charge on any atom is -0.353 e. The quantitative estimate of drug-likeness (QED) is 0.887. The average Bonchev–Trinajstić information content (AvgIpc) is 3.05.